The molecule has 3 rings (SSSR count). The van der Waals surface area contributed by atoms with Crippen molar-refractivity contribution >= 4 is 17.5 Å². The number of aliphatic imine (C=N–C) groups is 1. The number of benzene rings is 2. The third kappa shape index (κ3) is 4.33. The van der Waals surface area contributed by atoms with E-state index in [2.05, 4.69) is 15.3 Å². The normalized spacial score (nSPS) is 11.1. The van der Waals surface area contributed by atoms with Crippen molar-refractivity contribution in [2.75, 3.05) is 5.32 Å². The van der Waals surface area contributed by atoms with Crippen molar-refractivity contribution in [3.63, 3.8) is 0 Å². The van der Waals surface area contributed by atoms with Gasteiger partial charge < -0.3 is 15.8 Å². The molecule has 0 aliphatic carbocycles. The molecule has 0 saturated heterocycles. The van der Waals surface area contributed by atoms with E-state index in [-0.39, 0.29) is 5.96 Å². The first-order valence-electron chi connectivity index (χ1n) is 7.57. The molecule has 0 spiro atoms. The zero-order valence-corrected chi connectivity index (χ0v) is 13.3. The zero-order valence-electron chi connectivity index (χ0n) is 13.3. The van der Waals surface area contributed by atoms with E-state index in [1.165, 1.54) is 0 Å². The molecule has 0 aliphatic heterocycles. The van der Waals surface area contributed by atoms with E-state index < -0.39 is 0 Å². The summed E-state index contributed by atoms with van der Waals surface area (Å²) in [6.07, 6.45) is 0. The lowest BCUT2D eigenvalue weighted by Crippen LogP contribution is -2.22. The van der Waals surface area contributed by atoms with E-state index in [4.69, 9.17) is 10.5 Å². The van der Waals surface area contributed by atoms with Crippen LogP contribution in [0.1, 0.15) is 5.69 Å². The Hall–Kier alpha value is -3.34. The lowest BCUT2D eigenvalue weighted by atomic mass is 10.3. The van der Waals surface area contributed by atoms with Crippen LogP contribution in [0.2, 0.25) is 0 Å². The molecule has 0 saturated carbocycles. The number of hydrogen-bond donors (Lipinski definition) is 2. The standard InChI is InChI=1S/C19H18N4O/c1-14-7-5-12-18(21-14)23-19(20)22-15-8-6-11-17(13-15)24-16-9-3-2-4-10-16/h2-13H,1H3,(H3,20,21,22,23). The van der Waals surface area contributed by atoms with Crippen molar-refractivity contribution in [1.29, 1.82) is 0 Å². The van der Waals surface area contributed by atoms with Gasteiger partial charge in [-0.2, -0.15) is 4.99 Å². The summed E-state index contributed by atoms with van der Waals surface area (Å²) in [7, 11) is 0. The Bertz CT molecular complexity index is 847. The predicted octanol–water partition coefficient (Wildman–Crippen LogP) is 4.24. The molecule has 5 heteroatoms. The van der Waals surface area contributed by atoms with Crippen LogP contribution in [0.4, 0.5) is 11.5 Å². The van der Waals surface area contributed by atoms with Gasteiger partial charge in [0, 0.05) is 17.4 Å². The third-order valence-corrected chi connectivity index (χ3v) is 3.19. The van der Waals surface area contributed by atoms with Crippen molar-refractivity contribution in [3.8, 4) is 11.5 Å². The first-order valence-corrected chi connectivity index (χ1v) is 7.57. The smallest absolute Gasteiger partial charge is 0.199 e. The minimum atomic E-state index is 0.268. The number of nitrogens with two attached hydrogens (primary N) is 1. The Morgan fingerprint density at radius 3 is 2.50 bits per heavy atom. The molecule has 0 amide bonds. The van der Waals surface area contributed by atoms with Gasteiger partial charge in [-0.05, 0) is 43.3 Å². The number of nitrogens with zero attached hydrogens (tertiary/aromatic N) is 2. The number of aromatic nitrogens is 1. The van der Waals surface area contributed by atoms with Crippen LogP contribution in [0.15, 0.2) is 77.8 Å². The summed E-state index contributed by atoms with van der Waals surface area (Å²) >= 11 is 0. The highest BCUT2D eigenvalue weighted by Gasteiger charge is 2.01. The summed E-state index contributed by atoms with van der Waals surface area (Å²) in [5.74, 6) is 2.33. The van der Waals surface area contributed by atoms with Gasteiger partial charge in [-0.3, -0.25) is 0 Å². The molecule has 1 heterocycles. The average molecular weight is 318 g/mol. The van der Waals surface area contributed by atoms with Gasteiger partial charge in [0.25, 0.3) is 0 Å². The average Bonchev–Trinajstić information content (AvgIpc) is 2.56. The van der Waals surface area contributed by atoms with E-state index in [1.807, 2.05) is 73.7 Å². The molecule has 0 fully saturated rings. The molecule has 0 atom stereocenters. The highest BCUT2D eigenvalue weighted by Crippen LogP contribution is 2.23. The van der Waals surface area contributed by atoms with Crippen LogP contribution in [-0.4, -0.2) is 10.9 Å². The molecule has 24 heavy (non-hydrogen) atoms. The highest BCUT2D eigenvalue weighted by atomic mass is 16.5. The number of para-hydroxylation sites is 1. The number of guanidine groups is 1. The number of aryl methyl sites for hydroxylation is 1. The van der Waals surface area contributed by atoms with Crippen LogP contribution in [0, 0.1) is 6.92 Å². The second-order valence-corrected chi connectivity index (χ2v) is 5.20. The number of hydrogen-bond acceptors (Lipinski definition) is 3. The van der Waals surface area contributed by atoms with Gasteiger partial charge in [0.05, 0.1) is 0 Å². The minimum absolute atomic E-state index is 0.268. The molecular formula is C19H18N4O. The molecule has 1 aromatic heterocycles. The van der Waals surface area contributed by atoms with Crippen LogP contribution in [0.3, 0.4) is 0 Å². The first kappa shape index (κ1) is 15.6. The van der Waals surface area contributed by atoms with Crippen LogP contribution in [0.5, 0.6) is 11.5 Å². The monoisotopic (exact) mass is 318 g/mol. The largest absolute Gasteiger partial charge is 0.457 e. The molecule has 0 radical (unpaired) electrons. The van der Waals surface area contributed by atoms with Crippen molar-refractivity contribution in [2.24, 2.45) is 10.7 Å². The van der Waals surface area contributed by atoms with E-state index in [9.17, 15) is 0 Å². The summed E-state index contributed by atoms with van der Waals surface area (Å²) in [6.45, 7) is 1.91. The molecule has 5 nitrogen and oxygen atoms in total. The molecule has 0 aliphatic rings. The van der Waals surface area contributed by atoms with Crippen molar-refractivity contribution < 1.29 is 4.74 Å². The number of anilines is 1. The van der Waals surface area contributed by atoms with Gasteiger partial charge in [0.1, 0.15) is 11.5 Å². The molecule has 2 aromatic carbocycles. The Labute approximate surface area is 140 Å². The quantitative estimate of drug-likeness (QED) is 0.557. The number of ether oxygens (including phenoxy) is 1. The summed E-state index contributed by atoms with van der Waals surface area (Å²) in [5.41, 5.74) is 7.63. The first-order chi connectivity index (χ1) is 11.7. The van der Waals surface area contributed by atoms with Crippen molar-refractivity contribution in [1.82, 2.24) is 4.98 Å². The summed E-state index contributed by atoms with van der Waals surface area (Å²) in [6, 6.07) is 22.7. The number of pyridine rings is 1. The summed E-state index contributed by atoms with van der Waals surface area (Å²) < 4.78 is 5.80. The van der Waals surface area contributed by atoms with Crippen LogP contribution < -0.4 is 15.8 Å². The fourth-order valence-corrected chi connectivity index (χ4v) is 2.15. The molecular weight excluding hydrogens is 300 g/mol. The Kier molecular flexibility index (Phi) is 4.72. The van der Waals surface area contributed by atoms with Gasteiger partial charge in [-0.15, -0.1) is 0 Å². The lowest BCUT2D eigenvalue weighted by Gasteiger charge is -2.09. The molecule has 120 valence electrons. The topological polar surface area (TPSA) is 72.5 Å². The van der Waals surface area contributed by atoms with Gasteiger partial charge >= 0.3 is 0 Å². The maximum atomic E-state index is 5.95. The minimum Gasteiger partial charge on any atom is -0.457 e. The van der Waals surface area contributed by atoms with Crippen molar-refractivity contribution in [3.05, 3.63) is 78.5 Å². The molecule has 3 aromatic rings. The third-order valence-electron chi connectivity index (χ3n) is 3.19. The molecule has 0 bridgehead atoms. The van der Waals surface area contributed by atoms with E-state index >= 15 is 0 Å². The van der Waals surface area contributed by atoms with E-state index in [0.29, 0.717) is 11.6 Å². The fraction of sp³-hybridized carbons (Fsp3) is 0.0526. The SMILES string of the molecule is Cc1cccc(/N=C(\N)Nc2cccc(Oc3ccccc3)c2)n1. The van der Waals surface area contributed by atoms with Gasteiger partial charge in [0.2, 0.25) is 0 Å². The van der Waals surface area contributed by atoms with Gasteiger partial charge in [0.15, 0.2) is 11.8 Å². The molecule has 3 N–H and O–H groups in total. The molecule has 0 unspecified atom stereocenters. The van der Waals surface area contributed by atoms with E-state index in [1.54, 1.807) is 6.07 Å². The summed E-state index contributed by atoms with van der Waals surface area (Å²) in [4.78, 5) is 8.56. The van der Waals surface area contributed by atoms with Crippen LogP contribution in [0.25, 0.3) is 0 Å². The van der Waals surface area contributed by atoms with Gasteiger partial charge in [-0.25, -0.2) is 4.98 Å². The maximum absolute atomic E-state index is 5.95. The fourth-order valence-electron chi connectivity index (χ4n) is 2.15. The zero-order chi connectivity index (χ0) is 16.8. The van der Waals surface area contributed by atoms with Crippen LogP contribution in [-0.2, 0) is 0 Å². The predicted molar refractivity (Wildman–Crippen MR) is 96.8 cm³/mol. The second-order valence-electron chi connectivity index (χ2n) is 5.20. The highest BCUT2D eigenvalue weighted by molar-refractivity contribution is 5.93. The second kappa shape index (κ2) is 7.28. The maximum Gasteiger partial charge on any atom is 0.199 e. The Morgan fingerprint density at radius 1 is 0.958 bits per heavy atom. The number of rotatable bonds is 4. The number of nitrogens with one attached hydrogen (secondary N) is 1. The van der Waals surface area contributed by atoms with Gasteiger partial charge in [-0.1, -0.05) is 30.3 Å². The Morgan fingerprint density at radius 2 is 1.71 bits per heavy atom. The Balaban J connectivity index is 1.72. The summed E-state index contributed by atoms with van der Waals surface area (Å²) in [5, 5.41) is 3.04. The van der Waals surface area contributed by atoms with Crippen molar-refractivity contribution in [2.45, 2.75) is 6.92 Å². The van der Waals surface area contributed by atoms with Crippen LogP contribution >= 0.6 is 0 Å². The van der Waals surface area contributed by atoms with E-state index in [0.717, 1.165) is 17.1 Å². The lowest BCUT2D eigenvalue weighted by molar-refractivity contribution is 0.483.